The van der Waals surface area contributed by atoms with Gasteiger partial charge in [0.15, 0.2) is 0 Å². The molecule has 1 aromatic carbocycles. The van der Waals surface area contributed by atoms with Crippen molar-refractivity contribution in [2.75, 3.05) is 18.4 Å². The van der Waals surface area contributed by atoms with Crippen LogP contribution in [0.2, 0.25) is 0 Å². The van der Waals surface area contributed by atoms with Crippen LogP contribution in [-0.4, -0.2) is 31.5 Å². The molecule has 7 heteroatoms. The van der Waals surface area contributed by atoms with Gasteiger partial charge in [-0.15, -0.1) is 0 Å². The molecule has 6 nitrogen and oxygen atoms in total. The summed E-state index contributed by atoms with van der Waals surface area (Å²) in [5.74, 6) is 0.768. The van der Waals surface area contributed by atoms with Gasteiger partial charge in [-0.2, -0.15) is 0 Å². The first-order chi connectivity index (χ1) is 10.1. The van der Waals surface area contributed by atoms with Crippen LogP contribution in [0.1, 0.15) is 17.8 Å². The number of nitrogens with zero attached hydrogens (tertiary/aromatic N) is 1. The summed E-state index contributed by atoms with van der Waals surface area (Å²) in [5.41, 5.74) is 2.10. The zero-order chi connectivity index (χ0) is 14.7. The number of aryl methyl sites for hydroxylation is 1. The van der Waals surface area contributed by atoms with Crippen LogP contribution in [0.4, 0.5) is 5.69 Å². The van der Waals surface area contributed by atoms with Crippen LogP contribution in [0.5, 0.6) is 0 Å². The highest BCUT2D eigenvalue weighted by atomic mass is 32.2. The third-order valence-electron chi connectivity index (χ3n) is 3.54. The fourth-order valence-electron chi connectivity index (χ4n) is 2.43. The van der Waals surface area contributed by atoms with E-state index in [1.165, 1.54) is 5.56 Å². The lowest BCUT2D eigenvalue weighted by molar-refractivity contribution is 0.581. The van der Waals surface area contributed by atoms with Crippen molar-refractivity contribution in [2.24, 2.45) is 0 Å². The summed E-state index contributed by atoms with van der Waals surface area (Å²) in [6, 6.07) is 5.27. The van der Waals surface area contributed by atoms with Gasteiger partial charge in [0.1, 0.15) is 5.82 Å². The maximum absolute atomic E-state index is 12.3. The summed E-state index contributed by atoms with van der Waals surface area (Å²) in [7, 11) is -3.48. The van der Waals surface area contributed by atoms with Crippen LogP contribution in [0.15, 0.2) is 35.5 Å². The van der Waals surface area contributed by atoms with Crippen LogP contribution in [0, 0.1) is 0 Å². The second-order valence-corrected chi connectivity index (χ2v) is 6.80. The fraction of sp³-hybridized carbons (Fsp3) is 0.357. The van der Waals surface area contributed by atoms with Crippen molar-refractivity contribution in [1.82, 2.24) is 14.7 Å². The quantitative estimate of drug-likeness (QED) is 0.777. The monoisotopic (exact) mass is 306 g/mol. The average molecular weight is 306 g/mol. The number of H-pyrrole nitrogens is 1. The molecule has 1 aromatic heterocycles. The minimum Gasteiger partial charge on any atom is -0.385 e. The van der Waals surface area contributed by atoms with E-state index < -0.39 is 10.0 Å². The normalized spacial score (nSPS) is 14.5. The van der Waals surface area contributed by atoms with E-state index in [2.05, 4.69) is 20.0 Å². The first-order valence-corrected chi connectivity index (χ1v) is 8.48. The van der Waals surface area contributed by atoms with E-state index in [1.54, 1.807) is 24.5 Å². The smallest absolute Gasteiger partial charge is 0.240 e. The van der Waals surface area contributed by atoms with Crippen LogP contribution in [0.25, 0.3) is 0 Å². The molecular weight excluding hydrogens is 288 g/mol. The number of aromatic nitrogens is 2. The number of benzene rings is 1. The van der Waals surface area contributed by atoms with Crippen LogP contribution in [-0.2, 0) is 22.9 Å². The first-order valence-electron chi connectivity index (χ1n) is 7.00. The number of hydrogen-bond acceptors (Lipinski definition) is 4. The predicted octanol–water partition coefficient (Wildman–Crippen LogP) is 1.29. The molecule has 0 atom stereocenters. The Morgan fingerprint density at radius 3 is 3.05 bits per heavy atom. The van der Waals surface area contributed by atoms with Crippen molar-refractivity contribution in [3.63, 3.8) is 0 Å². The molecule has 21 heavy (non-hydrogen) atoms. The van der Waals surface area contributed by atoms with Gasteiger partial charge in [-0.25, -0.2) is 18.1 Å². The van der Waals surface area contributed by atoms with Gasteiger partial charge in [0.05, 0.1) is 4.90 Å². The Kier molecular flexibility index (Phi) is 3.94. The van der Waals surface area contributed by atoms with Gasteiger partial charge < -0.3 is 10.3 Å². The Balaban J connectivity index is 1.69. The predicted molar refractivity (Wildman–Crippen MR) is 80.7 cm³/mol. The first kappa shape index (κ1) is 14.1. The number of nitrogens with one attached hydrogen (secondary N) is 3. The molecule has 1 aliphatic rings. The van der Waals surface area contributed by atoms with Gasteiger partial charge in [-0.05, 0) is 30.5 Å². The van der Waals surface area contributed by atoms with E-state index in [4.69, 9.17) is 0 Å². The molecule has 2 aromatic rings. The molecule has 3 rings (SSSR count). The Morgan fingerprint density at radius 2 is 2.24 bits per heavy atom. The van der Waals surface area contributed by atoms with Crippen molar-refractivity contribution in [3.05, 3.63) is 42.0 Å². The van der Waals surface area contributed by atoms with Crippen molar-refractivity contribution in [2.45, 2.75) is 24.2 Å². The lowest BCUT2D eigenvalue weighted by Gasteiger charge is -2.18. The molecule has 2 heterocycles. The number of hydrogen-bond donors (Lipinski definition) is 3. The molecule has 0 bridgehead atoms. The summed E-state index contributed by atoms with van der Waals surface area (Å²) in [4.78, 5) is 7.31. The number of fused-ring (bicyclic) bond motifs is 1. The van der Waals surface area contributed by atoms with Crippen LogP contribution >= 0.6 is 0 Å². The Hall–Kier alpha value is -1.86. The molecule has 1 aliphatic heterocycles. The third kappa shape index (κ3) is 3.25. The van der Waals surface area contributed by atoms with E-state index in [0.29, 0.717) is 17.9 Å². The maximum atomic E-state index is 12.3. The highest BCUT2D eigenvalue weighted by Gasteiger charge is 2.17. The van der Waals surface area contributed by atoms with Gasteiger partial charge in [0.2, 0.25) is 10.0 Å². The second-order valence-electron chi connectivity index (χ2n) is 5.03. The van der Waals surface area contributed by atoms with E-state index in [1.807, 2.05) is 6.07 Å². The van der Waals surface area contributed by atoms with Crippen LogP contribution in [0.3, 0.4) is 0 Å². The van der Waals surface area contributed by atoms with E-state index in [9.17, 15) is 8.42 Å². The number of imidazole rings is 1. The largest absolute Gasteiger partial charge is 0.385 e. The van der Waals surface area contributed by atoms with E-state index in [0.717, 1.165) is 30.9 Å². The molecular formula is C14H18N4O2S. The molecule has 0 fully saturated rings. The number of sulfonamides is 1. The number of aromatic amines is 1. The SMILES string of the molecule is O=S(=O)(NCCc1ncc[nH]1)c1ccc2c(c1)NCCC2. The summed E-state index contributed by atoms with van der Waals surface area (Å²) >= 11 is 0. The summed E-state index contributed by atoms with van der Waals surface area (Å²) < 4.78 is 27.2. The van der Waals surface area contributed by atoms with Crippen molar-refractivity contribution >= 4 is 15.7 Å². The molecule has 0 unspecified atom stereocenters. The van der Waals surface area contributed by atoms with Gasteiger partial charge >= 0.3 is 0 Å². The van der Waals surface area contributed by atoms with Gasteiger partial charge in [0, 0.05) is 37.6 Å². The minimum atomic E-state index is -3.48. The van der Waals surface area contributed by atoms with E-state index >= 15 is 0 Å². The lowest BCUT2D eigenvalue weighted by atomic mass is 10.0. The standard InChI is InChI=1S/C14H18N4O2S/c19-21(20,18-7-5-14-16-8-9-17-14)12-4-3-11-2-1-6-15-13(11)10-12/h3-4,8-10,15,18H,1-2,5-7H2,(H,16,17). The molecule has 0 amide bonds. The maximum Gasteiger partial charge on any atom is 0.240 e. The number of anilines is 1. The second kappa shape index (κ2) is 5.87. The molecule has 112 valence electrons. The highest BCUT2D eigenvalue weighted by Crippen LogP contribution is 2.24. The summed E-state index contributed by atoms with van der Waals surface area (Å²) in [6.07, 6.45) is 5.99. The highest BCUT2D eigenvalue weighted by molar-refractivity contribution is 7.89. The molecule has 0 radical (unpaired) electrons. The van der Waals surface area contributed by atoms with Gasteiger partial charge in [0.25, 0.3) is 0 Å². The Bertz CT molecular complexity index is 711. The minimum absolute atomic E-state index is 0.301. The number of rotatable bonds is 5. The van der Waals surface area contributed by atoms with Gasteiger partial charge in [-0.1, -0.05) is 6.07 Å². The molecule has 3 N–H and O–H groups in total. The third-order valence-corrected chi connectivity index (χ3v) is 5.00. The lowest BCUT2D eigenvalue weighted by Crippen LogP contribution is -2.26. The Labute approximate surface area is 124 Å². The molecule has 0 aliphatic carbocycles. The molecule has 0 spiro atoms. The summed E-state index contributed by atoms with van der Waals surface area (Å²) in [5, 5.41) is 3.25. The van der Waals surface area contributed by atoms with Gasteiger partial charge in [-0.3, -0.25) is 0 Å². The zero-order valence-electron chi connectivity index (χ0n) is 11.6. The van der Waals surface area contributed by atoms with Crippen molar-refractivity contribution < 1.29 is 8.42 Å². The zero-order valence-corrected chi connectivity index (χ0v) is 12.4. The topological polar surface area (TPSA) is 86.9 Å². The Morgan fingerprint density at radius 1 is 1.33 bits per heavy atom. The average Bonchev–Trinajstić information content (AvgIpc) is 3.00. The van der Waals surface area contributed by atoms with Crippen molar-refractivity contribution in [3.8, 4) is 0 Å². The van der Waals surface area contributed by atoms with Crippen LogP contribution < -0.4 is 10.0 Å². The summed E-state index contributed by atoms with van der Waals surface area (Å²) in [6.45, 7) is 1.21. The molecule has 0 saturated carbocycles. The molecule has 0 saturated heterocycles. The van der Waals surface area contributed by atoms with Crippen molar-refractivity contribution in [1.29, 1.82) is 0 Å². The fourth-order valence-corrected chi connectivity index (χ4v) is 3.49. The van der Waals surface area contributed by atoms with E-state index in [-0.39, 0.29) is 0 Å².